The van der Waals surface area contributed by atoms with E-state index in [1.54, 1.807) is 55.2 Å². The highest BCUT2D eigenvalue weighted by molar-refractivity contribution is 5.89. The molecule has 0 fully saturated rings. The average Bonchev–Trinajstić information content (AvgIpc) is 3.18. The van der Waals surface area contributed by atoms with Gasteiger partial charge in [-0.05, 0) is 61.4 Å². The summed E-state index contributed by atoms with van der Waals surface area (Å²) in [6, 6.07) is 11.8. The number of aromatic nitrogens is 4. The smallest absolute Gasteiger partial charge is 0.320 e. The Labute approximate surface area is 184 Å². The van der Waals surface area contributed by atoms with Crippen molar-refractivity contribution < 1.29 is 13.9 Å². The van der Waals surface area contributed by atoms with Crippen molar-refractivity contribution in [2.24, 2.45) is 0 Å². The molecule has 0 spiro atoms. The lowest BCUT2D eigenvalue weighted by molar-refractivity contribution is 0.194. The Balaban J connectivity index is 1.69. The lowest BCUT2D eigenvalue weighted by Crippen LogP contribution is -2.30. The molecule has 3 heterocycles. The Morgan fingerprint density at radius 1 is 1.16 bits per heavy atom. The molecule has 8 nitrogen and oxygen atoms in total. The van der Waals surface area contributed by atoms with Gasteiger partial charge in [0.2, 0.25) is 0 Å². The molecule has 0 unspecified atom stereocenters. The van der Waals surface area contributed by atoms with Crippen LogP contribution in [0.5, 0.6) is 0 Å². The summed E-state index contributed by atoms with van der Waals surface area (Å²) in [7, 11) is 1.62. The number of rotatable bonds is 7. The number of ether oxygens (including phenoxy) is 1. The molecule has 0 aliphatic carbocycles. The number of carbonyl (C=O) groups is 1. The zero-order valence-electron chi connectivity index (χ0n) is 17.8. The summed E-state index contributed by atoms with van der Waals surface area (Å²) in [6.45, 7) is 2.78. The summed E-state index contributed by atoms with van der Waals surface area (Å²) in [4.78, 5) is 21.1. The van der Waals surface area contributed by atoms with Crippen LogP contribution >= 0.6 is 0 Å². The van der Waals surface area contributed by atoms with E-state index in [1.165, 1.54) is 6.07 Å². The van der Waals surface area contributed by atoms with Gasteiger partial charge in [-0.2, -0.15) is 5.10 Å². The minimum Gasteiger partial charge on any atom is -0.385 e. The number of nitrogens with one attached hydrogen (secondary N) is 2. The molecule has 4 aromatic rings. The number of benzene rings is 1. The van der Waals surface area contributed by atoms with Gasteiger partial charge >= 0.3 is 6.03 Å². The maximum Gasteiger partial charge on any atom is 0.320 e. The summed E-state index contributed by atoms with van der Waals surface area (Å²) in [5, 5.41) is 9.95. The van der Waals surface area contributed by atoms with Gasteiger partial charge in [-0.1, -0.05) is 0 Å². The molecule has 3 aromatic heterocycles. The van der Waals surface area contributed by atoms with Gasteiger partial charge in [0.1, 0.15) is 17.3 Å². The zero-order chi connectivity index (χ0) is 22.5. The number of urea groups is 1. The van der Waals surface area contributed by atoms with Gasteiger partial charge in [0.15, 0.2) is 5.65 Å². The molecule has 0 atom stereocenters. The third-order valence-corrected chi connectivity index (χ3v) is 4.91. The summed E-state index contributed by atoms with van der Waals surface area (Å²) in [5.74, 6) is 0.114. The van der Waals surface area contributed by atoms with Crippen LogP contribution in [-0.2, 0) is 4.74 Å². The predicted molar refractivity (Wildman–Crippen MR) is 120 cm³/mol. The lowest BCUT2D eigenvalue weighted by atomic mass is 10.0. The van der Waals surface area contributed by atoms with Crippen LogP contribution in [0, 0.1) is 12.7 Å². The minimum atomic E-state index is -0.351. The molecule has 1 aromatic carbocycles. The second kappa shape index (κ2) is 9.52. The van der Waals surface area contributed by atoms with Gasteiger partial charge in [-0.3, -0.25) is 5.32 Å². The van der Waals surface area contributed by atoms with Crippen molar-refractivity contribution in [1.82, 2.24) is 24.9 Å². The fourth-order valence-electron chi connectivity index (χ4n) is 3.37. The quantitative estimate of drug-likeness (QED) is 0.428. The third-order valence-electron chi connectivity index (χ3n) is 4.91. The monoisotopic (exact) mass is 434 g/mol. The highest BCUT2D eigenvalue weighted by atomic mass is 19.1. The van der Waals surface area contributed by atoms with Crippen molar-refractivity contribution in [3.8, 4) is 22.5 Å². The van der Waals surface area contributed by atoms with Crippen LogP contribution in [0.3, 0.4) is 0 Å². The number of methoxy groups -OCH3 is 1. The molecule has 0 aliphatic heterocycles. The highest BCUT2D eigenvalue weighted by Gasteiger charge is 2.18. The van der Waals surface area contributed by atoms with Gasteiger partial charge in [0.25, 0.3) is 0 Å². The van der Waals surface area contributed by atoms with Crippen LogP contribution in [0.25, 0.3) is 28.2 Å². The molecule has 0 saturated heterocycles. The van der Waals surface area contributed by atoms with Gasteiger partial charge < -0.3 is 10.1 Å². The van der Waals surface area contributed by atoms with E-state index in [9.17, 15) is 9.18 Å². The van der Waals surface area contributed by atoms with Gasteiger partial charge in [0, 0.05) is 43.8 Å². The van der Waals surface area contributed by atoms with Crippen molar-refractivity contribution in [1.29, 1.82) is 0 Å². The Hall–Kier alpha value is -3.85. The van der Waals surface area contributed by atoms with Crippen molar-refractivity contribution in [3.05, 3.63) is 66.2 Å². The van der Waals surface area contributed by atoms with E-state index < -0.39 is 0 Å². The Morgan fingerprint density at radius 3 is 2.84 bits per heavy atom. The van der Waals surface area contributed by atoms with Crippen molar-refractivity contribution in [2.75, 3.05) is 25.6 Å². The molecule has 32 heavy (non-hydrogen) atoms. The van der Waals surface area contributed by atoms with Crippen LogP contribution in [-0.4, -0.2) is 45.9 Å². The number of carbonyl (C=O) groups excluding carboxylic acids is 1. The van der Waals surface area contributed by atoms with Gasteiger partial charge in [0.05, 0.1) is 5.69 Å². The minimum absolute atomic E-state index is 0.274. The van der Waals surface area contributed by atoms with Crippen LogP contribution in [0.15, 0.2) is 54.9 Å². The average molecular weight is 434 g/mol. The van der Waals surface area contributed by atoms with Crippen molar-refractivity contribution in [2.45, 2.75) is 13.3 Å². The van der Waals surface area contributed by atoms with Gasteiger partial charge in [-0.25, -0.2) is 23.7 Å². The SMILES string of the molecule is COCCCNC(=O)Nc1cc(-c2c(-c3ccc(F)c(C)c3)nc3cccnn23)ccn1. The molecule has 2 amide bonds. The van der Waals surface area contributed by atoms with Crippen molar-refractivity contribution >= 4 is 17.5 Å². The second-order valence-electron chi connectivity index (χ2n) is 7.22. The standard InChI is InChI=1S/C23H23FN6O2/c1-15-13-16(6-7-18(15)24)21-22(30-20(29-21)5-3-10-27-30)17-8-11-25-19(14-17)28-23(31)26-9-4-12-32-2/h3,5-8,10-11,13-14H,4,9,12H2,1-2H3,(H2,25,26,28,31). The Bertz CT molecular complexity index is 1260. The number of amides is 2. The van der Waals surface area contributed by atoms with E-state index in [-0.39, 0.29) is 11.8 Å². The normalized spacial score (nSPS) is 11.0. The molecule has 4 rings (SSSR count). The van der Waals surface area contributed by atoms with E-state index >= 15 is 0 Å². The number of aryl methyl sites for hydroxylation is 1. The molecule has 2 N–H and O–H groups in total. The first-order valence-electron chi connectivity index (χ1n) is 10.2. The maximum absolute atomic E-state index is 13.8. The fraction of sp³-hybridized carbons (Fsp3) is 0.217. The number of fused-ring (bicyclic) bond motifs is 1. The number of hydrogen-bond acceptors (Lipinski definition) is 5. The number of hydrogen-bond donors (Lipinski definition) is 2. The summed E-state index contributed by atoms with van der Waals surface area (Å²) >= 11 is 0. The molecule has 0 saturated carbocycles. The molecule has 0 aliphatic rings. The maximum atomic E-state index is 13.8. The first kappa shape index (κ1) is 21.4. The Morgan fingerprint density at radius 2 is 2.03 bits per heavy atom. The van der Waals surface area contributed by atoms with Crippen LogP contribution in [0.1, 0.15) is 12.0 Å². The number of halogens is 1. The largest absolute Gasteiger partial charge is 0.385 e. The number of imidazole rings is 1. The van der Waals surface area contributed by atoms with Gasteiger partial charge in [-0.15, -0.1) is 0 Å². The van der Waals surface area contributed by atoms with Crippen LogP contribution < -0.4 is 10.6 Å². The topological polar surface area (TPSA) is 93.4 Å². The summed E-state index contributed by atoms with van der Waals surface area (Å²) in [5.41, 5.74) is 4.09. The first-order valence-corrected chi connectivity index (χ1v) is 10.2. The second-order valence-corrected chi connectivity index (χ2v) is 7.22. The molecule has 0 bridgehead atoms. The number of pyridine rings is 1. The number of nitrogens with zero attached hydrogens (tertiary/aromatic N) is 4. The highest BCUT2D eigenvalue weighted by Crippen LogP contribution is 2.33. The van der Waals surface area contributed by atoms with Crippen molar-refractivity contribution in [3.63, 3.8) is 0 Å². The van der Waals surface area contributed by atoms with E-state index in [1.807, 2.05) is 12.1 Å². The molecule has 9 heteroatoms. The van der Waals surface area contributed by atoms with E-state index in [2.05, 4.69) is 20.7 Å². The summed E-state index contributed by atoms with van der Waals surface area (Å²) < 4.78 is 20.5. The van der Waals surface area contributed by atoms with E-state index in [0.717, 1.165) is 16.8 Å². The first-order chi connectivity index (χ1) is 15.6. The van der Waals surface area contributed by atoms with Crippen LogP contribution in [0.2, 0.25) is 0 Å². The molecular formula is C23H23FN6O2. The number of anilines is 1. The third kappa shape index (κ3) is 4.57. The van der Waals surface area contributed by atoms with E-state index in [4.69, 9.17) is 9.72 Å². The molecule has 164 valence electrons. The fourth-order valence-corrected chi connectivity index (χ4v) is 3.37. The molecular weight excluding hydrogens is 411 g/mol. The molecule has 0 radical (unpaired) electrons. The lowest BCUT2D eigenvalue weighted by Gasteiger charge is -2.09. The van der Waals surface area contributed by atoms with E-state index in [0.29, 0.717) is 42.3 Å². The zero-order valence-corrected chi connectivity index (χ0v) is 17.8. The summed E-state index contributed by atoms with van der Waals surface area (Å²) in [6.07, 6.45) is 3.99. The van der Waals surface area contributed by atoms with Crippen LogP contribution in [0.4, 0.5) is 15.0 Å². The predicted octanol–water partition coefficient (Wildman–Crippen LogP) is 4.06. The Kier molecular flexibility index (Phi) is 6.37.